The van der Waals surface area contributed by atoms with E-state index < -0.39 is 18.1 Å². The summed E-state index contributed by atoms with van der Waals surface area (Å²) in [6.07, 6.45) is 3.67. The topological polar surface area (TPSA) is 94.7 Å². The molecule has 1 amide bonds. The van der Waals surface area contributed by atoms with Crippen molar-refractivity contribution in [1.82, 2.24) is 15.2 Å². The molecule has 1 saturated carbocycles. The largest absolute Gasteiger partial charge is 0.366 e. The Labute approximate surface area is 175 Å². The van der Waals surface area contributed by atoms with Crippen LogP contribution in [0, 0.1) is 5.82 Å². The highest BCUT2D eigenvalue weighted by Crippen LogP contribution is 2.46. The highest BCUT2D eigenvalue weighted by molar-refractivity contribution is 5.92. The minimum Gasteiger partial charge on any atom is -0.366 e. The fourth-order valence-electron chi connectivity index (χ4n) is 4.96. The second kappa shape index (κ2) is 7.61. The van der Waals surface area contributed by atoms with Gasteiger partial charge >= 0.3 is 0 Å². The van der Waals surface area contributed by atoms with E-state index >= 15 is 0 Å². The first kappa shape index (κ1) is 20.7. The number of nitrogens with zero attached hydrogens (tertiary/aromatic N) is 3. The number of carbonyl (C=O) groups excluding carboxylic acids is 1. The predicted octanol–water partition coefficient (Wildman–Crippen LogP) is 1.77. The molecular weight excluding hydrogens is 385 g/mol. The number of amides is 1. The van der Waals surface area contributed by atoms with Crippen LogP contribution in [0.15, 0.2) is 42.6 Å². The lowest BCUT2D eigenvalue weighted by molar-refractivity contribution is 0.0513. The number of carbonyl (C=O) groups is 1. The van der Waals surface area contributed by atoms with Crippen molar-refractivity contribution in [1.29, 1.82) is 0 Å². The Bertz CT molecular complexity index is 928. The van der Waals surface area contributed by atoms with Gasteiger partial charge in [0.1, 0.15) is 0 Å². The van der Waals surface area contributed by atoms with Gasteiger partial charge in [0.25, 0.3) is 0 Å². The van der Waals surface area contributed by atoms with E-state index in [9.17, 15) is 14.3 Å². The second-order valence-corrected chi connectivity index (χ2v) is 8.61. The van der Waals surface area contributed by atoms with Gasteiger partial charge < -0.3 is 15.7 Å². The van der Waals surface area contributed by atoms with E-state index in [1.54, 1.807) is 0 Å². The Morgan fingerprint density at radius 3 is 2.50 bits per heavy atom. The van der Waals surface area contributed by atoms with Crippen molar-refractivity contribution in [2.45, 2.75) is 43.1 Å². The Morgan fingerprint density at radius 1 is 1.27 bits per heavy atom. The highest BCUT2D eigenvalue weighted by atomic mass is 19.1. The molecule has 2 aromatic rings. The number of aromatic nitrogens is 1. The third-order valence-corrected chi connectivity index (χ3v) is 6.78. The average molecular weight is 413 g/mol. The first-order valence-corrected chi connectivity index (χ1v) is 10.2. The number of benzene rings is 1. The van der Waals surface area contributed by atoms with Crippen LogP contribution in [0.2, 0.25) is 0 Å². The monoisotopic (exact) mass is 413 g/mol. The molecule has 30 heavy (non-hydrogen) atoms. The molecule has 2 fully saturated rings. The molecule has 1 atom stereocenters. The number of nitrogens with two attached hydrogens (primary N) is 1. The molecule has 1 aliphatic heterocycles. The molecule has 0 radical (unpaired) electrons. The van der Waals surface area contributed by atoms with Gasteiger partial charge in [0.2, 0.25) is 5.91 Å². The fourth-order valence-corrected chi connectivity index (χ4v) is 4.96. The van der Waals surface area contributed by atoms with Crippen LogP contribution in [0.3, 0.4) is 0 Å². The van der Waals surface area contributed by atoms with Crippen molar-refractivity contribution < 1.29 is 14.3 Å². The van der Waals surface area contributed by atoms with Gasteiger partial charge in [0.15, 0.2) is 18.0 Å². The van der Waals surface area contributed by atoms with E-state index in [2.05, 4.69) is 53.6 Å². The summed E-state index contributed by atoms with van der Waals surface area (Å²) in [5, 5.41) is 13.9. The maximum atomic E-state index is 14.6. The normalized spacial score (nSPS) is 29.0. The molecular formula is C22H28FN5O2. The van der Waals surface area contributed by atoms with Crippen molar-refractivity contribution in [3.05, 3.63) is 59.5 Å². The molecule has 1 unspecified atom stereocenters. The van der Waals surface area contributed by atoms with Gasteiger partial charge in [-0.25, -0.2) is 9.37 Å². The summed E-state index contributed by atoms with van der Waals surface area (Å²) in [4.78, 5) is 19.1. The summed E-state index contributed by atoms with van der Waals surface area (Å²) in [5.41, 5.74) is 6.09. The molecule has 2 aliphatic rings. The number of aliphatic hydroxyl groups excluding tert-OH is 1. The Morgan fingerprint density at radius 2 is 1.93 bits per heavy atom. The van der Waals surface area contributed by atoms with Gasteiger partial charge in [-0.05, 0) is 51.4 Å². The first-order chi connectivity index (χ1) is 14.3. The molecule has 8 heteroatoms. The van der Waals surface area contributed by atoms with E-state index in [0.717, 1.165) is 31.7 Å². The summed E-state index contributed by atoms with van der Waals surface area (Å²) < 4.78 is 14.6. The molecule has 160 valence electrons. The molecule has 4 N–H and O–H groups in total. The maximum absolute atomic E-state index is 14.6. The Balaban J connectivity index is 1.55. The lowest BCUT2D eigenvalue weighted by Crippen LogP contribution is -2.54. The quantitative estimate of drug-likeness (QED) is 0.707. The van der Waals surface area contributed by atoms with E-state index in [1.165, 1.54) is 16.7 Å². The van der Waals surface area contributed by atoms with Crippen molar-refractivity contribution >= 4 is 11.7 Å². The van der Waals surface area contributed by atoms with Gasteiger partial charge in [0, 0.05) is 23.8 Å². The number of hydrogen-bond donors (Lipinski definition) is 3. The number of aliphatic hydroxyl groups is 1. The van der Waals surface area contributed by atoms with E-state index in [4.69, 9.17) is 5.73 Å². The number of anilines is 1. The van der Waals surface area contributed by atoms with Crippen molar-refractivity contribution in [2.24, 2.45) is 5.73 Å². The predicted molar refractivity (Wildman–Crippen MR) is 112 cm³/mol. The summed E-state index contributed by atoms with van der Waals surface area (Å²) in [6.45, 7) is 0.437. The molecule has 0 bridgehead atoms. The Hall–Kier alpha value is -2.55. The van der Waals surface area contributed by atoms with Gasteiger partial charge in [-0.1, -0.05) is 30.3 Å². The summed E-state index contributed by atoms with van der Waals surface area (Å²) in [5.74, 6) is -1.39. The molecule has 2 heterocycles. The van der Waals surface area contributed by atoms with Gasteiger partial charge in [-0.2, -0.15) is 0 Å². The summed E-state index contributed by atoms with van der Waals surface area (Å²) in [7, 11) is 4.21. The average Bonchev–Trinajstić information content (AvgIpc) is 3.04. The van der Waals surface area contributed by atoms with Crippen LogP contribution >= 0.6 is 0 Å². The number of hydrogen-bond acceptors (Lipinski definition) is 6. The van der Waals surface area contributed by atoms with Crippen LogP contribution in [0.25, 0.3) is 0 Å². The minimum absolute atomic E-state index is 0.00361. The van der Waals surface area contributed by atoms with Gasteiger partial charge in [0.05, 0.1) is 5.56 Å². The minimum atomic E-state index is -1.05. The number of halogens is 1. The smallest absolute Gasteiger partial charge is 0.250 e. The fraction of sp³-hybridized carbons (Fsp3) is 0.455. The number of primary amides is 1. The molecule has 1 aromatic carbocycles. The van der Waals surface area contributed by atoms with Crippen molar-refractivity contribution in [3.63, 3.8) is 0 Å². The van der Waals surface area contributed by atoms with Gasteiger partial charge in [-0.15, -0.1) is 0 Å². The lowest BCUT2D eigenvalue weighted by atomic mass is 9.69. The zero-order chi connectivity index (χ0) is 21.5. The highest BCUT2D eigenvalue weighted by Gasteiger charge is 2.50. The summed E-state index contributed by atoms with van der Waals surface area (Å²) >= 11 is 0. The van der Waals surface area contributed by atoms with Crippen LogP contribution in [0.5, 0.6) is 0 Å². The zero-order valence-corrected chi connectivity index (χ0v) is 17.3. The molecule has 4 rings (SSSR count). The maximum Gasteiger partial charge on any atom is 0.250 e. The van der Waals surface area contributed by atoms with E-state index in [0.29, 0.717) is 6.54 Å². The van der Waals surface area contributed by atoms with Crippen LogP contribution in [-0.2, 0) is 5.54 Å². The SMILES string of the molecule is CN(C)[C@]1(c2ccccc2)CC[C@]2(CC1)CN(c1ncc(C(N)=O)cc1F)C(O)N2. The van der Waals surface area contributed by atoms with Crippen LogP contribution in [0.1, 0.15) is 41.6 Å². The number of pyridine rings is 1. The Kier molecular flexibility index (Phi) is 5.25. The van der Waals surface area contributed by atoms with Crippen molar-refractivity contribution in [2.75, 3.05) is 25.5 Å². The molecule has 1 spiro atoms. The van der Waals surface area contributed by atoms with Gasteiger partial charge in [-0.3, -0.25) is 15.0 Å². The van der Waals surface area contributed by atoms with E-state index in [-0.39, 0.29) is 22.5 Å². The molecule has 1 aliphatic carbocycles. The summed E-state index contributed by atoms with van der Waals surface area (Å²) in [6, 6.07) is 11.6. The van der Waals surface area contributed by atoms with Crippen LogP contribution in [-0.4, -0.2) is 53.4 Å². The molecule has 1 saturated heterocycles. The second-order valence-electron chi connectivity index (χ2n) is 8.61. The van der Waals surface area contributed by atoms with E-state index in [1.807, 2.05) is 6.07 Å². The molecule has 1 aromatic heterocycles. The van der Waals surface area contributed by atoms with Crippen molar-refractivity contribution in [3.8, 4) is 0 Å². The standard InChI is InChI=1S/C22H28FN5O2/c1-27(2)22(16-6-4-3-5-7-16)10-8-21(9-11-22)14-28(20(30)26-21)19-17(23)12-15(13-25-19)18(24)29/h3-7,12-13,20,26,30H,8-11,14H2,1-2H3,(H2,24,29)/t20?,21-,22+. The number of rotatable bonds is 4. The number of nitrogens with one attached hydrogen (secondary N) is 1. The zero-order valence-electron chi connectivity index (χ0n) is 17.3. The third kappa shape index (κ3) is 3.45. The third-order valence-electron chi connectivity index (χ3n) is 6.78. The van der Waals surface area contributed by atoms with Crippen LogP contribution < -0.4 is 16.0 Å². The molecule has 7 nitrogen and oxygen atoms in total. The first-order valence-electron chi connectivity index (χ1n) is 10.2. The lowest BCUT2D eigenvalue weighted by Gasteiger charge is -2.49. The van der Waals surface area contributed by atoms with Crippen LogP contribution in [0.4, 0.5) is 10.2 Å².